The van der Waals surface area contributed by atoms with Crippen molar-refractivity contribution in [2.45, 2.75) is 31.8 Å². The van der Waals surface area contributed by atoms with Gasteiger partial charge in [-0.2, -0.15) is 0 Å². The maximum Gasteiger partial charge on any atom is 0.0558 e. The lowest BCUT2D eigenvalue weighted by Gasteiger charge is -2.28. The molecule has 16 heavy (non-hydrogen) atoms. The van der Waals surface area contributed by atoms with Gasteiger partial charge in [-0.1, -0.05) is 23.7 Å². The Balaban J connectivity index is 2.12. The molecule has 0 aromatic heterocycles. The Morgan fingerprint density at radius 1 is 1.50 bits per heavy atom. The molecule has 0 amide bonds. The van der Waals surface area contributed by atoms with Gasteiger partial charge in [0.2, 0.25) is 0 Å². The molecule has 0 saturated heterocycles. The van der Waals surface area contributed by atoms with Crippen molar-refractivity contribution in [1.29, 1.82) is 0 Å². The molecule has 1 atom stereocenters. The van der Waals surface area contributed by atoms with Gasteiger partial charge in [-0.05, 0) is 37.5 Å². The quantitative estimate of drug-likeness (QED) is 0.854. The average molecular weight is 240 g/mol. The Kier molecular flexibility index (Phi) is 3.85. The third-order valence-electron chi connectivity index (χ3n) is 3.20. The summed E-state index contributed by atoms with van der Waals surface area (Å²) in [6, 6.07) is 8.98. The van der Waals surface area contributed by atoms with Crippen LogP contribution < -0.4 is 0 Å². The van der Waals surface area contributed by atoms with Crippen LogP contribution in [0.3, 0.4) is 0 Å². The van der Waals surface area contributed by atoms with Crippen LogP contribution >= 0.6 is 11.6 Å². The largest absolute Gasteiger partial charge is 0.395 e. The van der Waals surface area contributed by atoms with E-state index in [0.717, 1.165) is 11.6 Å². The van der Waals surface area contributed by atoms with Gasteiger partial charge in [-0.25, -0.2) is 0 Å². The van der Waals surface area contributed by atoms with Crippen molar-refractivity contribution in [3.05, 3.63) is 34.9 Å². The molecule has 1 fully saturated rings. The predicted molar refractivity (Wildman–Crippen MR) is 66.7 cm³/mol. The molecule has 0 aliphatic heterocycles. The van der Waals surface area contributed by atoms with E-state index >= 15 is 0 Å². The molecule has 1 aromatic carbocycles. The highest BCUT2D eigenvalue weighted by Crippen LogP contribution is 2.34. The fraction of sp³-hybridized carbons (Fsp3) is 0.538. The SMILES string of the molecule is C[C@@H](c1cccc(Cl)c1)N(CCO)C1CC1. The van der Waals surface area contributed by atoms with Crippen LogP contribution in [0.1, 0.15) is 31.4 Å². The van der Waals surface area contributed by atoms with Crippen LogP contribution in [0.5, 0.6) is 0 Å². The third-order valence-corrected chi connectivity index (χ3v) is 3.44. The van der Waals surface area contributed by atoms with Gasteiger partial charge in [0.05, 0.1) is 6.61 Å². The lowest BCUT2D eigenvalue weighted by atomic mass is 10.1. The second-order valence-electron chi connectivity index (χ2n) is 4.42. The lowest BCUT2D eigenvalue weighted by Crippen LogP contribution is -2.31. The zero-order chi connectivity index (χ0) is 11.5. The fourth-order valence-corrected chi connectivity index (χ4v) is 2.37. The first-order valence-corrected chi connectivity index (χ1v) is 6.22. The molecule has 1 aliphatic rings. The van der Waals surface area contributed by atoms with Crippen LogP contribution in [0.15, 0.2) is 24.3 Å². The maximum atomic E-state index is 9.10. The van der Waals surface area contributed by atoms with E-state index in [1.165, 1.54) is 18.4 Å². The van der Waals surface area contributed by atoms with Crippen molar-refractivity contribution >= 4 is 11.6 Å². The number of halogens is 1. The average Bonchev–Trinajstić information content (AvgIpc) is 3.09. The van der Waals surface area contributed by atoms with Crippen molar-refractivity contribution in [3.8, 4) is 0 Å². The molecule has 1 N–H and O–H groups in total. The molecule has 2 rings (SSSR count). The molecule has 0 unspecified atom stereocenters. The van der Waals surface area contributed by atoms with E-state index in [1.54, 1.807) is 0 Å². The summed E-state index contributed by atoms with van der Waals surface area (Å²) >= 11 is 6.00. The second-order valence-corrected chi connectivity index (χ2v) is 4.86. The van der Waals surface area contributed by atoms with Gasteiger partial charge in [0.25, 0.3) is 0 Å². The highest BCUT2D eigenvalue weighted by molar-refractivity contribution is 6.30. The molecule has 1 saturated carbocycles. The first-order chi connectivity index (χ1) is 7.72. The van der Waals surface area contributed by atoms with E-state index in [-0.39, 0.29) is 6.61 Å². The van der Waals surface area contributed by atoms with Gasteiger partial charge in [0.1, 0.15) is 0 Å². The first-order valence-electron chi connectivity index (χ1n) is 5.84. The summed E-state index contributed by atoms with van der Waals surface area (Å²) < 4.78 is 0. The Hall–Kier alpha value is -0.570. The van der Waals surface area contributed by atoms with Crippen LogP contribution in [-0.2, 0) is 0 Å². The van der Waals surface area contributed by atoms with Crippen LogP contribution in [0.2, 0.25) is 5.02 Å². The molecule has 0 radical (unpaired) electrons. The van der Waals surface area contributed by atoms with Crippen LogP contribution in [0, 0.1) is 0 Å². The standard InChI is InChI=1S/C13H18ClNO/c1-10(11-3-2-4-12(14)9-11)15(7-8-16)13-5-6-13/h2-4,9-10,13,16H,5-8H2,1H3/t10-/m0/s1. The van der Waals surface area contributed by atoms with E-state index < -0.39 is 0 Å². The van der Waals surface area contributed by atoms with Crippen LogP contribution in [0.25, 0.3) is 0 Å². The maximum absolute atomic E-state index is 9.10. The number of aliphatic hydroxyl groups is 1. The van der Waals surface area contributed by atoms with E-state index in [0.29, 0.717) is 12.1 Å². The van der Waals surface area contributed by atoms with Gasteiger partial charge < -0.3 is 5.11 Å². The number of benzene rings is 1. The minimum atomic E-state index is 0.224. The summed E-state index contributed by atoms with van der Waals surface area (Å²) in [5, 5.41) is 9.88. The van der Waals surface area contributed by atoms with E-state index in [1.807, 2.05) is 18.2 Å². The Labute approximate surface area is 102 Å². The molecular weight excluding hydrogens is 222 g/mol. The number of aliphatic hydroxyl groups excluding tert-OH is 1. The highest BCUT2D eigenvalue weighted by Gasteiger charge is 2.32. The van der Waals surface area contributed by atoms with Crippen molar-refractivity contribution in [2.24, 2.45) is 0 Å². The summed E-state index contributed by atoms with van der Waals surface area (Å²) in [6.45, 7) is 3.15. The summed E-state index contributed by atoms with van der Waals surface area (Å²) in [7, 11) is 0. The summed E-state index contributed by atoms with van der Waals surface area (Å²) in [5.41, 5.74) is 1.23. The van der Waals surface area contributed by atoms with E-state index in [2.05, 4.69) is 17.9 Å². The zero-order valence-electron chi connectivity index (χ0n) is 9.56. The molecular formula is C13H18ClNO. The van der Waals surface area contributed by atoms with Crippen LogP contribution in [0.4, 0.5) is 0 Å². The molecule has 1 aliphatic carbocycles. The van der Waals surface area contributed by atoms with Gasteiger partial charge in [-0.3, -0.25) is 4.90 Å². The normalized spacial score (nSPS) is 17.8. The molecule has 1 aromatic rings. The number of hydrogen-bond donors (Lipinski definition) is 1. The second kappa shape index (κ2) is 5.17. The monoisotopic (exact) mass is 239 g/mol. The smallest absolute Gasteiger partial charge is 0.0558 e. The summed E-state index contributed by atoms with van der Waals surface area (Å²) in [5.74, 6) is 0. The minimum Gasteiger partial charge on any atom is -0.395 e. The van der Waals surface area contributed by atoms with Gasteiger partial charge in [0.15, 0.2) is 0 Å². The zero-order valence-corrected chi connectivity index (χ0v) is 10.3. The highest BCUT2D eigenvalue weighted by atomic mass is 35.5. The summed E-state index contributed by atoms with van der Waals surface area (Å²) in [4.78, 5) is 2.37. The Morgan fingerprint density at radius 2 is 2.25 bits per heavy atom. The minimum absolute atomic E-state index is 0.224. The van der Waals surface area contributed by atoms with Crippen molar-refractivity contribution in [3.63, 3.8) is 0 Å². The fourth-order valence-electron chi connectivity index (χ4n) is 2.17. The van der Waals surface area contributed by atoms with Crippen LogP contribution in [-0.4, -0.2) is 29.2 Å². The topological polar surface area (TPSA) is 23.5 Å². The van der Waals surface area contributed by atoms with Crippen molar-refractivity contribution in [1.82, 2.24) is 4.90 Å². The number of rotatable bonds is 5. The summed E-state index contributed by atoms with van der Waals surface area (Å²) in [6.07, 6.45) is 2.51. The van der Waals surface area contributed by atoms with Crippen molar-refractivity contribution in [2.75, 3.05) is 13.2 Å². The lowest BCUT2D eigenvalue weighted by molar-refractivity contribution is 0.151. The molecule has 0 heterocycles. The molecule has 2 nitrogen and oxygen atoms in total. The Morgan fingerprint density at radius 3 is 2.81 bits per heavy atom. The van der Waals surface area contributed by atoms with E-state index in [9.17, 15) is 0 Å². The van der Waals surface area contributed by atoms with Gasteiger partial charge in [-0.15, -0.1) is 0 Å². The van der Waals surface area contributed by atoms with Crippen molar-refractivity contribution < 1.29 is 5.11 Å². The first kappa shape index (κ1) is 11.9. The third kappa shape index (κ3) is 2.76. The molecule has 3 heteroatoms. The number of nitrogens with zero attached hydrogens (tertiary/aromatic N) is 1. The van der Waals surface area contributed by atoms with Gasteiger partial charge in [0, 0.05) is 23.7 Å². The molecule has 0 bridgehead atoms. The van der Waals surface area contributed by atoms with E-state index in [4.69, 9.17) is 16.7 Å². The van der Waals surface area contributed by atoms with Gasteiger partial charge >= 0.3 is 0 Å². The molecule has 0 spiro atoms. The Bertz CT molecular complexity index is 352. The molecule has 88 valence electrons. The predicted octanol–water partition coefficient (Wildman–Crippen LogP) is 2.86. The number of hydrogen-bond acceptors (Lipinski definition) is 2.